The Kier molecular flexibility index (Phi) is 3.88. The van der Waals surface area contributed by atoms with E-state index < -0.39 is 0 Å². The van der Waals surface area contributed by atoms with Gasteiger partial charge in [0, 0.05) is 20.1 Å². The molecule has 0 amide bonds. The van der Waals surface area contributed by atoms with E-state index in [0.717, 1.165) is 41.8 Å². The Morgan fingerprint density at radius 3 is 2.75 bits per heavy atom. The van der Waals surface area contributed by atoms with Gasteiger partial charge in [-0.1, -0.05) is 0 Å². The molecule has 6 heteroatoms. The number of hydrogen-bond acceptors (Lipinski definition) is 5. The van der Waals surface area contributed by atoms with Crippen molar-refractivity contribution in [2.24, 2.45) is 0 Å². The summed E-state index contributed by atoms with van der Waals surface area (Å²) in [5, 5.41) is 4.85. The zero-order valence-electron chi connectivity index (χ0n) is 14.3. The summed E-state index contributed by atoms with van der Waals surface area (Å²) in [4.78, 5) is 9.20. The van der Waals surface area contributed by atoms with Gasteiger partial charge in [-0.2, -0.15) is 4.52 Å². The fourth-order valence-corrected chi connectivity index (χ4v) is 3.41. The van der Waals surface area contributed by atoms with Crippen molar-refractivity contribution in [3.8, 4) is 0 Å². The predicted molar refractivity (Wildman–Crippen MR) is 94.6 cm³/mol. The van der Waals surface area contributed by atoms with Gasteiger partial charge in [0.2, 0.25) is 0 Å². The molecule has 3 aromatic heterocycles. The van der Waals surface area contributed by atoms with Gasteiger partial charge in [-0.25, -0.2) is 4.98 Å². The molecule has 4 heterocycles. The van der Waals surface area contributed by atoms with Crippen LogP contribution in [0.15, 0.2) is 34.9 Å². The molecule has 126 valence electrons. The first-order valence-electron chi connectivity index (χ1n) is 8.57. The quantitative estimate of drug-likeness (QED) is 0.737. The minimum atomic E-state index is 0.693. The topological polar surface area (TPSA) is 49.8 Å². The van der Waals surface area contributed by atoms with Gasteiger partial charge in [-0.05, 0) is 50.5 Å². The van der Waals surface area contributed by atoms with Crippen molar-refractivity contribution < 1.29 is 4.42 Å². The van der Waals surface area contributed by atoms with Crippen LogP contribution in [0.1, 0.15) is 30.7 Å². The molecule has 6 nitrogen and oxygen atoms in total. The van der Waals surface area contributed by atoms with E-state index in [2.05, 4.69) is 21.7 Å². The smallest absolute Gasteiger partial charge is 0.156 e. The highest BCUT2D eigenvalue weighted by atomic mass is 16.3. The van der Waals surface area contributed by atoms with Crippen LogP contribution in [0, 0.1) is 6.92 Å². The molecular formula is C18H23N5O. The summed E-state index contributed by atoms with van der Waals surface area (Å²) in [6.45, 7) is 4.94. The largest absolute Gasteiger partial charge is 0.467 e. The number of furan rings is 1. The molecule has 24 heavy (non-hydrogen) atoms. The molecule has 1 saturated heterocycles. The van der Waals surface area contributed by atoms with Crippen molar-refractivity contribution in [2.75, 3.05) is 29.9 Å². The van der Waals surface area contributed by atoms with E-state index in [4.69, 9.17) is 9.52 Å². The van der Waals surface area contributed by atoms with Crippen LogP contribution < -0.4 is 9.80 Å². The molecule has 0 N–H and O–H groups in total. The SMILES string of the molecule is Cc1nc2ccc(N(C)Cc3ccco3)nn2c1N1CCCCC1. The first kappa shape index (κ1) is 15.1. The second kappa shape index (κ2) is 6.19. The molecule has 1 aliphatic heterocycles. The number of rotatable bonds is 4. The van der Waals surface area contributed by atoms with Gasteiger partial charge >= 0.3 is 0 Å². The van der Waals surface area contributed by atoms with Gasteiger partial charge in [0.1, 0.15) is 11.6 Å². The van der Waals surface area contributed by atoms with Gasteiger partial charge in [0.15, 0.2) is 11.5 Å². The lowest BCUT2D eigenvalue weighted by molar-refractivity contribution is 0.506. The van der Waals surface area contributed by atoms with E-state index in [1.54, 1.807) is 6.26 Å². The number of nitrogens with zero attached hydrogens (tertiary/aromatic N) is 5. The highest BCUT2D eigenvalue weighted by Crippen LogP contribution is 2.25. The molecule has 0 aliphatic carbocycles. The van der Waals surface area contributed by atoms with E-state index in [1.165, 1.54) is 19.3 Å². The van der Waals surface area contributed by atoms with Crippen molar-refractivity contribution in [3.63, 3.8) is 0 Å². The average Bonchev–Trinajstić information content (AvgIpc) is 3.21. The van der Waals surface area contributed by atoms with Crippen LogP contribution in [0.3, 0.4) is 0 Å². The lowest BCUT2D eigenvalue weighted by Crippen LogP contribution is -2.31. The predicted octanol–water partition coefficient (Wildman–Crippen LogP) is 3.26. The lowest BCUT2D eigenvalue weighted by Gasteiger charge is -2.28. The molecular weight excluding hydrogens is 302 g/mol. The second-order valence-corrected chi connectivity index (χ2v) is 6.47. The first-order valence-corrected chi connectivity index (χ1v) is 8.57. The molecule has 0 aromatic carbocycles. The molecule has 0 bridgehead atoms. The van der Waals surface area contributed by atoms with Gasteiger partial charge < -0.3 is 14.2 Å². The maximum atomic E-state index is 5.44. The summed E-state index contributed by atoms with van der Waals surface area (Å²) in [5.41, 5.74) is 1.96. The Hall–Kier alpha value is -2.50. The molecule has 0 unspecified atom stereocenters. The van der Waals surface area contributed by atoms with Gasteiger partial charge in [0.25, 0.3) is 0 Å². The number of anilines is 2. The third-order valence-corrected chi connectivity index (χ3v) is 4.63. The molecule has 1 aliphatic rings. The second-order valence-electron chi connectivity index (χ2n) is 6.47. The summed E-state index contributed by atoms with van der Waals surface area (Å²) in [5.74, 6) is 2.98. The van der Waals surface area contributed by atoms with Crippen LogP contribution in [0.4, 0.5) is 11.6 Å². The average molecular weight is 325 g/mol. The maximum absolute atomic E-state index is 5.44. The van der Waals surface area contributed by atoms with E-state index >= 15 is 0 Å². The molecule has 0 saturated carbocycles. The zero-order valence-corrected chi connectivity index (χ0v) is 14.3. The van der Waals surface area contributed by atoms with Crippen molar-refractivity contribution in [3.05, 3.63) is 42.0 Å². The van der Waals surface area contributed by atoms with Crippen LogP contribution in [0.2, 0.25) is 0 Å². The Balaban J connectivity index is 1.68. The summed E-state index contributed by atoms with van der Waals surface area (Å²) in [7, 11) is 2.03. The summed E-state index contributed by atoms with van der Waals surface area (Å²) in [6.07, 6.45) is 5.50. The summed E-state index contributed by atoms with van der Waals surface area (Å²) in [6, 6.07) is 7.95. The minimum Gasteiger partial charge on any atom is -0.467 e. The number of piperidine rings is 1. The standard InChI is InChI=1S/C18H23N5O/c1-14-18(22-10-4-3-5-11-22)23-16(19-14)8-9-17(20-23)21(2)13-15-7-6-12-24-15/h6-9,12H,3-5,10-11,13H2,1-2H3. The minimum absolute atomic E-state index is 0.693. The number of aromatic nitrogens is 3. The van der Waals surface area contributed by atoms with Crippen molar-refractivity contribution >= 4 is 17.3 Å². The third-order valence-electron chi connectivity index (χ3n) is 4.63. The van der Waals surface area contributed by atoms with Gasteiger partial charge in [-0.3, -0.25) is 0 Å². The Bertz CT molecular complexity index is 817. The van der Waals surface area contributed by atoms with Crippen LogP contribution in [0.25, 0.3) is 5.65 Å². The first-order chi connectivity index (χ1) is 11.7. The van der Waals surface area contributed by atoms with E-state index in [0.29, 0.717) is 6.54 Å². The monoisotopic (exact) mass is 325 g/mol. The Morgan fingerprint density at radius 1 is 1.17 bits per heavy atom. The summed E-state index contributed by atoms with van der Waals surface area (Å²) >= 11 is 0. The highest BCUT2D eigenvalue weighted by Gasteiger charge is 2.20. The molecule has 0 atom stereocenters. The molecule has 4 rings (SSSR count). The number of imidazole rings is 1. The Morgan fingerprint density at radius 2 is 2.00 bits per heavy atom. The van der Waals surface area contributed by atoms with Crippen molar-refractivity contribution in [1.82, 2.24) is 14.6 Å². The summed E-state index contributed by atoms with van der Waals surface area (Å²) < 4.78 is 7.43. The molecule has 3 aromatic rings. The molecule has 1 fully saturated rings. The number of fused-ring (bicyclic) bond motifs is 1. The van der Waals surface area contributed by atoms with Gasteiger partial charge in [0.05, 0.1) is 18.5 Å². The van der Waals surface area contributed by atoms with Crippen molar-refractivity contribution in [1.29, 1.82) is 0 Å². The van der Waals surface area contributed by atoms with Gasteiger partial charge in [-0.15, -0.1) is 5.10 Å². The fraction of sp³-hybridized carbons (Fsp3) is 0.444. The van der Waals surface area contributed by atoms with E-state index in [1.807, 2.05) is 35.8 Å². The van der Waals surface area contributed by atoms with Crippen molar-refractivity contribution in [2.45, 2.75) is 32.7 Å². The lowest BCUT2D eigenvalue weighted by atomic mass is 10.1. The molecule has 0 spiro atoms. The van der Waals surface area contributed by atoms with E-state index in [-0.39, 0.29) is 0 Å². The van der Waals surface area contributed by atoms with Crippen LogP contribution in [-0.4, -0.2) is 34.7 Å². The molecule has 0 radical (unpaired) electrons. The number of aryl methyl sites for hydroxylation is 1. The number of hydrogen-bond donors (Lipinski definition) is 0. The highest BCUT2D eigenvalue weighted by molar-refractivity contribution is 5.57. The van der Waals surface area contributed by atoms with Crippen LogP contribution >= 0.6 is 0 Å². The van der Waals surface area contributed by atoms with E-state index in [9.17, 15) is 0 Å². The van der Waals surface area contributed by atoms with Crippen LogP contribution in [-0.2, 0) is 6.54 Å². The third kappa shape index (κ3) is 2.72. The Labute approximate surface area is 141 Å². The maximum Gasteiger partial charge on any atom is 0.156 e. The fourth-order valence-electron chi connectivity index (χ4n) is 3.41. The van der Waals surface area contributed by atoms with Crippen LogP contribution in [0.5, 0.6) is 0 Å². The normalized spacial score (nSPS) is 15.2. The zero-order chi connectivity index (χ0) is 16.5.